The number of para-hydroxylation sites is 1. The Hall–Kier alpha value is -1.83. The van der Waals surface area contributed by atoms with Gasteiger partial charge in [-0.05, 0) is 31.0 Å². The van der Waals surface area contributed by atoms with E-state index in [1.165, 1.54) is 22.0 Å². The van der Waals surface area contributed by atoms with Crippen molar-refractivity contribution in [2.24, 2.45) is 0 Å². The third-order valence-corrected chi connectivity index (χ3v) is 2.94. The average Bonchev–Trinajstić information content (AvgIpc) is 2.60. The monoisotopic (exact) mass is 196 g/mol. The Labute approximate surface area is 88.0 Å². The molecule has 0 atom stereocenters. The zero-order valence-electron chi connectivity index (χ0n) is 8.83. The minimum absolute atomic E-state index is 1.08. The lowest BCUT2D eigenvalue weighted by molar-refractivity contribution is 1.35. The van der Waals surface area contributed by atoms with Gasteiger partial charge in [-0.2, -0.15) is 0 Å². The van der Waals surface area contributed by atoms with E-state index in [4.69, 9.17) is 0 Å². The third-order valence-electron chi connectivity index (χ3n) is 2.94. The number of hydrogen-bond donors (Lipinski definition) is 1. The first-order valence-electron chi connectivity index (χ1n) is 5.10. The largest absolute Gasteiger partial charge is 0.353 e. The van der Waals surface area contributed by atoms with Gasteiger partial charge in [0.15, 0.2) is 0 Å². The normalized spacial score (nSPS) is 11.3. The molecule has 3 aromatic rings. The molecule has 0 unspecified atom stereocenters. The van der Waals surface area contributed by atoms with E-state index in [-0.39, 0.29) is 0 Å². The van der Waals surface area contributed by atoms with Crippen molar-refractivity contribution in [2.45, 2.75) is 13.8 Å². The lowest BCUT2D eigenvalue weighted by Gasteiger charge is -1.93. The Bertz CT molecular complexity index is 594. The van der Waals surface area contributed by atoms with Gasteiger partial charge in [0, 0.05) is 11.6 Å². The van der Waals surface area contributed by atoms with Crippen molar-refractivity contribution in [1.82, 2.24) is 9.97 Å². The quantitative estimate of drug-likeness (QED) is 0.587. The Kier molecular flexibility index (Phi) is 1.60. The highest BCUT2D eigenvalue weighted by Crippen LogP contribution is 2.27. The molecular weight excluding hydrogens is 184 g/mol. The number of aromatic amines is 1. The molecule has 1 N–H and O–H groups in total. The fourth-order valence-electron chi connectivity index (χ4n) is 2.08. The maximum atomic E-state index is 4.44. The number of pyridine rings is 1. The minimum Gasteiger partial charge on any atom is -0.353 e. The molecule has 0 aliphatic carbocycles. The molecule has 3 rings (SSSR count). The van der Waals surface area contributed by atoms with Gasteiger partial charge in [-0.15, -0.1) is 0 Å². The van der Waals surface area contributed by atoms with Crippen molar-refractivity contribution in [3.05, 3.63) is 41.6 Å². The fraction of sp³-hybridized carbons (Fsp3) is 0.154. The molecule has 2 heterocycles. The number of nitrogens with zero attached hydrogens (tertiary/aromatic N) is 1. The van der Waals surface area contributed by atoms with Gasteiger partial charge < -0.3 is 4.98 Å². The molecule has 0 spiro atoms. The van der Waals surface area contributed by atoms with Gasteiger partial charge in [0.25, 0.3) is 0 Å². The third kappa shape index (κ3) is 1.08. The Morgan fingerprint density at radius 2 is 1.80 bits per heavy atom. The first-order valence-corrected chi connectivity index (χ1v) is 5.10. The van der Waals surface area contributed by atoms with Gasteiger partial charge >= 0.3 is 0 Å². The predicted molar refractivity (Wildman–Crippen MR) is 63.1 cm³/mol. The highest BCUT2D eigenvalue weighted by Gasteiger charge is 2.07. The van der Waals surface area contributed by atoms with Crippen LogP contribution in [0.5, 0.6) is 0 Å². The molecule has 2 aromatic heterocycles. The van der Waals surface area contributed by atoms with Crippen LogP contribution in [0.2, 0.25) is 0 Å². The summed E-state index contributed by atoms with van der Waals surface area (Å²) in [6.45, 7) is 4.22. The van der Waals surface area contributed by atoms with Crippen LogP contribution >= 0.6 is 0 Å². The standard InChI is InChI=1S/C13H12N2/c1-8-4-3-5-10-11(8)15-12-9(2)6-7-14-13(10)12/h3-7,15H,1-2H3. The number of fused-ring (bicyclic) bond motifs is 3. The zero-order chi connectivity index (χ0) is 10.4. The molecule has 2 heteroatoms. The number of benzene rings is 1. The topological polar surface area (TPSA) is 28.7 Å². The number of rotatable bonds is 0. The molecule has 0 radical (unpaired) electrons. The lowest BCUT2D eigenvalue weighted by Crippen LogP contribution is -1.78. The van der Waals surface area contributed by atoms with E-state index in [1.54, 1.807) is 0 Å². The van der Waals surface area contributed by atoms with Crippen molar-refractivity contribution < 1.29 is 0 Å². The number of hydrogen-bond acceptors (Lipinski definition) is 1. The van der Waals surface area contributed by atoms with Crippen LogP contribution in [0.15, 0.2) is 30.5 Å². The second-order valence-electron chi connectivity index (χ2n) is 3.97. The molecule has 0 amide bonds. The highest BCUT2D eigenvalue weighted by atomic mass is 14.8. The number of aromatic nitrogens is 2. The summed E-state index contributed by atoms with van der Waals surface area (Å²) in [5, 5.41) is 1.22. The molecule has 0 fully saturated rings. The van der Waals surface area contributed by atoms with Crippen molar-refractivity contribution in [3.63, 3.8) is 0 Å². The van der Waals surface area contributed by atoms with Crippen molar-refractivity contribution in [1.29, 1.82) is 0 Å². The number of H-pyrrole nitrogens is 1. The van der Waals surface area contributed by atoms with Crippen LogP contribution in [-0.4, -0.2) is 9.97 Å². The summed E-state index contributed by atoms with van der Waals surface area (Å²) in [6.07, 6.45) is 1.87. The summed E-state index contributed by atoms with van der Waals surface area (Å²) in [5.74, 6) is 0. The lowest BCUT2D eigenvalue weighted by atomic mass is 10.1. The molecule has 1 aromatic carbocycles. The summed E-state index contributed by atoms with van der Waals surface area (Å²) in [4.78, 5) is 7.89. The molecule has 15 heavy (non-hydrogen) atoms. The number of nitrogens with one attached hydrogen (secondary N) is 1. The van der Waals surface area contributed by atoms with Crippen molar-refractivity contribution in [3.8, 4) is 0 Å². The van der Waals surface area contributed by atoms with E-state index in [0.717, 1.165) is 11.0 Å². The van der Waals surface area contributed by atoms with Crippen LogP contribution in [0.1, 0.15) is 11.1 Å². The Morgan fingerprint density at radius 1 is 1.00 bits per heavy atom. The molecule has 74 valence electrons. The van der Waals surface area contributed by atoms with E-state index in [1.807, 2.05) is 12.3 Å². The first-order chi connectivity index (χ1) is 7.27. The van der Waals surface area contributed by atoms with Gasteiger partial charge in [0.2, 0.25) is 0 Å². The van der Waals surface area contributed by atoms with E-state index in [9.17, 15) is 0 Å². The predicted octanol–water partition coefficient (Wildman–Crippen LogP) is 3.33. The average molecular weight is 196 g/mol. The zero-order valence-corrected chi connectivity index (χ0v) is 8.83. The van der Waals surface area contributed by atoms with Gasteiger partial charge in [-0.25, -0.2) is 0 Å². The summed E-state index contributed by atoms with van der Waals surface area (Å²) >= 11 is 0. The summed E-state index contributed by atoms with van der Waals surface area (Å²) in [5.41, 5.74) is 5.95. The van der Waals surface area contributed by atoms with Crippen LogP contribution in [0.25, 0.3) is 21.9 Å². The van der Waals surface area contributed by atoms with Crippen molar-refractivity contribution in [2.75, 3.05) is 0 Å². The molecule has 0 bridgehead atoms. The van der Waals surface area contributed by atoms with E-state index < -0.39 is 0 Å². The SMILES string of the molecule is Cc1cccc2c1[nH]c1c(C)ccnc12. The Morgan fingerprint density at radius 3 is 2.67 bits per heavy atom. The van der Waals surface area contributed by atoms with Crippen LogP contribution in [0, 0.1) is 13.8 Å². The van der Waals surface area contributed by atoms with Gasteiger partial charge in [-0.3, -0.25) is 4.98 Å². The molecule has 0 saturated carbocycles. The van der Waals surface area contributed by atoms with E-state index >= 15 is 0 Å². The molecule has 0 saturated heterocycles. The minimum atomic E-state index is 1.08. The first kappa shape index (κ1) is 8.48. The second-order valence-corrected chi connectivity index (χ2v) is 3.97. The summed E-state index contributed by atoms with van der Waals surface area (Å²) < 4.78 is 0. The molecule has 0 aliphatic heterocycles. The molecule has 2 nitrogen and oxygen atoms in total. The summed E-state index contributed by atoms with van der Waals surface area (Å²) in [6, 6.07) is 8.35. The van der Waals surface area contributed by atoms with Gasteiger partial charge in [0.05, 0.1) is 16.6 Å². The Balaban J connectivity index is 2.63. The fourth-order valence-corrected chi connectivity index (χ4v) is 2.08. The summed E-state index contributed by atoms with van der Waals surface area (Å²) in [7, 11) is 0. The van der Waals surface area contributed by atoms with Crippen LogP contribution in [0.4, 0.5) is 0 Å². The van der Waals surface area contributed by atoms with Gasteiger partial charge in [-0.1, -0.05) is 18.2 Å². The van der Waals surface area contributed by atoms with Gasteiger partial charge in [0.1, 0.15) is 0 Å². The van der Waals surface area contributed by atoms with Crippen molar-refractivity contribution >= 4 is 21.9 Å². The van der Waals surface area contributed by atoms with E-state index in [0.29, 0.717) is 0 Å². The maximum Gasteiger partial charge on any atom is 0.0960 e. The molecular formula is C13H12N2. The number of aryl methyl sites for hydroxylation is 2. The highest BCUT2D eigenvalue weighted by molar-refractivity contribution is 6.06. The second kappa shape index (κ2) is 2.83. The van der Waals surface area contributed by atoms with Crippen LogP contribution < -0.4 is 0 Å². The maximum absolute atomic E-state index is 4.44. The van der Waals surface area contributed by atoms with Crippen LogP contribution in [-0.2, 0) is 0 Å². The van der Waals surface area contributed by atoms with Crippen LogP contribution in [0.3, 0.4) is 0 Å². The smallest absolute Gasteiger partial charge is 0.0960 e. The molecule has 0 aliphatic rings. The van der Waals surface area contributed by atoms with E-state index in [2.05, 4.69) is 42.0 Å².